The minimum absolute atomic E-state index is 0.0766. The van der Waals surface area contributed by atoms with Gasteiger partial charge in [0.2, 0.25) is 5.91 Å². The number of carbonyl (C=O) groups is 1. The number of para-hydroxylation sites is 1. The highest BCUT2D eigenvalue weighted by Crippen LogP contribution is 2.16. The molecule has 2 N–H and O–H groups in total. The Morgan fingerprint density at radius 2 is 2.16 bits per heavy atom. The number of carbonyl (C=O) groups excluding carboxylic acids is 1. The molecule has 1 amide bonds. The summed E-state index contributed by atoms with van der Waals surface area (Å²) in [5.41, 5.74) is 1.90. The molecular weight excluding hydrogens is 240 g/mol. The number of benzene rings is 1. The standard InChI is InChI=1S/C14H18N4O/c1-11(18-9-5-8-16-18)14(19)17-13-7-4-3-6-12(13)10-15-2/h3-9,11,15H,10H2,1-2H3,(H,17,19). The molecule has 0 saturated heterocycles. The Morgan fingerprint density at radius 1 is 1.37 bits per heavy atom. The fourth-order valence-electron chi connectivity index (χ4n) is 1.85. The van der Waals surface area contributed by atoms with E-state index in [1.807, 2.05) is 38.2 Å². The predicted octanol–water partition coefficient (Wildman–Crippen LogP) is 1.80. The van der Waals surface area contributed by atoms with E-state index < -0.39 is 0 Å². The SMILES string of the molecule is CNCc1ccccc1NC(=O)C(C)n1cccn1. The Kier molecular flexibility index (Phi) is 4.30. The van der Waals surface area contributed by atoms with E-state index in [0.717, 1.165) is 11.3 Å². The van der Waals surface area contributed by atoms with E-state index in [-0.39, 0.29) is 11.9 Å². The molecule has 1 aromatic carbocycles. The highest BCUT2D eigenvalue weighted by Gasteiger charge is 2.15. The lowest BCUT2D eigenvalue weighted by Gasteiger charge is -2.15. The maximum Gasteiger partial charge on any atom is 0.248 e. The van der Waals surface area contributed by atoms with Gasteiger partial charge in [0.05, 0.1) is 0 Å². The van der Waals surface area contributed by atoms with Crippen LogP contribution >= 0.6 is 0 Å². The summed E-state index contributed by atoms with van der Waals surface area (Å²) in [6.45, 7) is 2.54. The van der Waals surface area contributed by atoms with Crippen LogP contribution in [0.15, 0.2) is 42.7 Å². The summed E-state index contributed by atoms with van der Waals surface area (Å²) in [5, 5.41) is 10.1. The van der Waals surface area contributed by atoms with Crippen molar-refractivity contribution < 1.29 is 4.79 Å². The van der Waals surface area contributed by atoms with Crippen molar-refractivity contribution in [1.82, 2.24) is 15.1 Å². The first-order valence-corrected chi connectivity index (χ1v) is 6.25. The van der Waals surface area contributed by atoms with Gasteiger partial charge in [0.1, 0.15) is 6.04 Å². The van der Waals surface area contributed by atoms with Crippen molar-refractivity contribution in [3.05, 3.63) is 48.3 Å². The van der Waals surface area contributed by atoms with Gasteiger partial charge in [-0.25, -0.2) is 0 Å². The third-order valence-corrected chi connectivity index (χ3v) is 2.94. The number of amides is 1. The minimum atomic E-state index is -0.336. The van der Waals surface area contributed by atoms with Crippen molar-refractivity contribution in [1.29, 1.82) is 0 Å². The molecule has 5 heteroatoms. The molecule has 5 nitrogen and oxygen atoms in total. The van der Waals surface area contributed by atoms with Gasteiger partial charge >= 0.3 is 0 Å². The van der Waals surface area contributed by atoms with Crippen LogP contribution in [0, 0.1) is 0 Å². The number of rotatable bonds is 5. The Hall–Kier alpha value is -2.14. The zero-order chi connectivity index (χ0) is 13.7. The fourth-order valence-corrected chi connectivity index (χ4v) is 1.85. The fraction of sp³-hybridized carbons (Fsp3) is 0.286. The molecule has 1 atom stereocenters. The smallest absolute Gasteiger partial charge is 0.248 e. The van der Waals surface area contributed by atoms with Crippen molar-refractivity contribution >= 4 is 11.6 Å². The zero-order valence-electron chi connectivity index (χ0n) is 11.1. The predicted molar refractivity (Wildman–Crippen MR) is 74.8 cm³/mol. The van der Waals surface area contributed by atoms with E-state index in [1.165, 1.54) is 0 Å². The van der Waals surface area contributed by atoms with Crippen LogP contribution in [0.25, 0.3) is 0 Å². The van der Waals surface area contributed by atoms with Crippen LogP contribution in [-0.2, 0) is 11.3 Å². The average molecular weight is 258 g/mol. The van der Waals surface area contributed by atoms with Crippen LogP contribution in [0.5, 0.6) is 0 Å². The topological polar surface area (TPSA) is 58.9 Å². The van der Waals surface area contributed by atoms with Gasteiger partial charge in [0, 0.05) is 24.6 Å². The van der Waals surface area contributed by atoms with Crippen LogP contribution in [0.1, 0.15) is 18.5 Å². The summed E-state index contributed by atoms with van der Waals surface area (Å²) in [6.07, 6.45) is 3.45. The van der Waals surface area contributed by atoms with E-state index in [4.69, 9.17) is 0 Å². The van der Waals surface area contributed by atoms with E-state index in [9.17, 15) is 4.79 Å². The quantitative estimate of drug-likeness (QED) is 0.859. The highest BCUT2D eigenvalue weighted by molar-refractivity contribution is 5.94. The molecule has 2 aromatic rings. The Labute approximate surface area is 112 Å². The molecule has 100 valence electrons. The molecule has 19 heavy (non-hydrogen) atoms. The number of hydrogen-bond acceptors (Lipinski definition) is 3. The molecule has 0 fully saturated rings. The lowest BCUT2D eigenvalue weighted by Crippen LogP contribution is -2.24. The first-order chi connectivity index (χ1) is 9.22. The summed E-state index contributed by atoms with van der Waals surface area (Å²) < 4.78 is 1.63. The van der Waals surface area contributed by atoms with Crippen LogP contribution in [0.4, 0.5) is 5.69 Å². The third kappa shape index (κ3) is 3.20. The van der Waals surface area contributed by atoms with E-state index in [0.29, 0.717) is 6.54 Å². The summed E-state index contributed by atoms with van der Waals surface area (Å²) in [4.78, 5) is 12.2. The van der Waals surface area contributed by atoms with Crippen LogP contribution in [-0.4, -0.2) is 22.7 Å². The summed E-state index contributed by atoms with van der Waals surface area (Å²) in [5.74, 6) is -0.0766. The Morgan fingerprint density at radius 3 is 2.84 bits per heavy atom. The number of nitrogens with zero attached hydrogens (tertiary/aromatic N) is 2. The molecule has 1 aromatic heterocycles. The van der Waals surface area contributed by atoms with E-state index in [1.54, 1.807) is 23.1 Å². The van der Waals surface area contributed by atoms with Gasteiger partial charge in [-0.05, 0) is 31.7 Å². The highest BCUT2D eigenvalue weighted by atomic mass is 16.2. The van der Waals surface area contributed by atoms with Crippen molar-refractivity contribution in [2.75, 3.05) is 12.4 Å². The monoisotopic (exact) mass is 258 g/mol. The largest absolute Gasteiger partial charge is 0.324 e. The van der Waals surface area contributed by atoms with Gasteiger partial charge in [-0.3, -0.25) is 9.48 Å². The molecular formula is C14H18N4O. The molecule has 2 rings (SSSR count). The minimum Gasteiger partial charge on any atom is -0.324 e. The number of aromatic nitrogens is 2. The zero-order valence-corrected chi connectivity index (χ0v) is 11.1. The lowest BCUT2D eigenvalue weighted by atomic mass is 10.1. The van der Waals surface area contributed by atoms with Crippen LogP contribution < -0.4 is 10.6 Å². The van der Waals surface area contributed by atoms with Crippen LogP contribution in [0.3, 0.4) is 0 Å². The second kappa shape index (κ2) is 6.15. The maximum atomic E-state index is 12.2. The van der Waals surface area contributed by atoms with Gasteiger partial charge in [0.25, 0.3) is 0 Å². The normalized spacial score (nSPS) is 12.1. The maximum absolute atomic E-state index is 12.2. The van der Waals surface area contributed by atoms with Gasteiger partial charge in [-0.1, -0.05) is 18.2 Å². The first kappa shape index (κ1) is 13.3. The van der Waals surface area contributed by atoms with Crippen LogP contribution in [0.2, 0.25) is 0 Å². The molecule has 0 aliphatic carbocycles. The lowest BCUT2D eigenvalue weighted by molar-refractivity contribution is -0.119. The van der Waals surface area contributed by atoms with Gasteiger partial charge in [-0.2, -0.15) is 5.10 Å². The van der Waals surface area contributed by atoms with Crippen molar-refractivity contribution in [2.45, 2.75) is 19.5 Å². The van der Waals surface area contributed by atoms with E-state index >= 15 is 0 Å². The second-order valence-corrected chi connectivity index (χ2v) is 4.34. The third-order valence-electron chi connectivity index (χ3n) is 2.94. The number of nitrogens with one attached hydrogen (secondary N) is 2. The first-order valence-electron chi connectivity index (χ1n) is 6.25. The van der Waals surface area contributed by atoms with Gasteiger partial charge in [-0.15, -0.1) is 0 Å². The van der Waals surface area contributed by atoms with Crippen molar-refractivity contribution in [2.24, 2.45) is 0 Å². The molecule has 0 spiro atoms. The molecule has 0 aliphatic rings. The average Bonchev–Trinajstić information content (AvgIpc) is 2.94. The Bertz CT molecular complexity index is 536. The summed E-state index contributed by atoms with van der Waals surface area (Å²) in [7, 11) is 1.88. The second-order valence-electron chi connectivity index (χ2n) is 4.34. The van der Waals surface area contributed by atoms with Gasteiger partial charge < -0.3 is 10.6 Å². The van der Waals surface area contributed by atoms with Crippen molar-refractivity contribution in [3.63, 3.8) is 0 Å². The van der Waals surface area contributed by atoms with Gasteiger partial charge in [0.15, 0.2) is 0 Å². The van der Waals surface area contributed by atoms with E-state index in [2.05, 4.69) is 15.7 Å². The van der Waals surface area contributed by atoms with Crippen molar-refractivity contribution in [3.8, 4) is 0 Å². The number of anilines is 1. The Balaban J connectivity index is 2.10. The summed E-state index contributed by atoms with van der Waals surface area (Å²) in [6, 6.07) is 9.23. The molecule has 0 aliphatic heterocycles. The summed E-state index contributed by atoms with van der Waals surface area (Å²) >= 11 is 0. The molecule has 0 saturated carbocycles. The molecule has 1 unspecified atom stereocenters. The molecule has 1 heterocycles. The molecule has 0 bridgehead atoms. The molecule has 0 radical (unpaired) electrons. The number of hydrogen-bond donors (Lipinski definition) is 2.